The van der Waals surface area contributed by atoms with Gasteiger partial charge in [-0.2, -0.15) is 5.10 Å². The van der Waals surface area contributed by atoms with Crippen molar-refractivity contribution in [2.75, 3.05) is 6.61 Å². The monoisotopic (exact) mass is 273 g/mol. The molecule has 0 spiro atoms. The molecule has 1 amide bonds. The van der Waals surface area contributed by atoms with Crippen LogP contribution in [-0.2, 0) is 24.8 Å². The smallest absolute Gasteiger partial charge is 0.224 e. The third kappa shape index (κ3) is 3.85. The van der Waals surface area contributed by atoms with Crippen LogP contribution in [0.1, 0.15) is 18.2 Å². The van der Waals surface area contributed by atoms with Crippen LogP contribution in [0.2, 0.25) is 0 Å². The van der Waals surface area contributed by atoms with Gasteiger partial charge in [0.2, 0.25) is 5.91 Å². The van der Waals surface area contributed by atoms with E-state index in [2.05, 4.69) is 10.4 Å². The zero-order chi connectivity index (χ0) is 14.4. The van der Waals surface area contributed by atoms with Crippen molar-refractivity contribution in [1.82, 2.24) is 15.1 Å². The second-order valence-corrected chi connectivity index (χ2v) is 4.48. The van der Waals surface area contributed by atoms with Gasteiger partial charge in [0, 0.05) is 13.2 Å². The number of carbonyl (C=O) groups excluding carboxylic acids is 1. The van der Waals surface area contributed by atoms with Crippen LogP contribution in [0.3, 0.4) is 0 Å². The lowest BCUT2D eigenvalue weighted by Gasteiger charge is -2.07. The van der Waals surface area contributed by atoms with E-state index in [1.807, 2.05) is 44.3 Å². The molecule has 5 heteroatoms. The molecule has 2 rings (SSSR count). The number of carbonyl (C=O) groups is 1. The van der Waals surface area contributed by atoms with Gasteiger partial charge in [-0.1, -0.05) is 12.1 Å². The van der Waals surface area contributed by atoms with E-state index < -0.39 is 0 Å². The van der Waals surface area contributed by atoms with Crippen molar-refractivity contribution in [2.24, 2.45) is 7.05 Å². The highest BCUT2D eigenvalue weighted by molar-refractivity contribution is 5.78. The molecule has 0 saturated carbocycles. The Morgan fingerprint density at radius 2 is 2.05 bits per heavy atom. The van der Waals surface area contributed by atoms with Crippen LogP contribution in [-0.4, -0.2) is 22.3 Å². The molecule has 5 nitrogen and oxygen atoms in total. The van der Waals surface area contributed by atoms with Gasteiger partial charge in [-0.15, -0.1) is 0 Å². The molecule has 0 unspecified atom stereocenters. The summed E-state index contributed by atoms with van der Waals surface area (Å²) in [7, 11) is 1.86. The summed E-state index contributed by atoms with van der Waals surface area (Å²) in [6.07, 6.45) is 2.08. The van der Waals surface area contributed by atoms with Crippen molar-refractivity contribution in [3.8, 4) is 5.75 Å². The first-order valence-electron chi connectivity index (χ1n) is 6.64. The summed E-state index contributed by atoms with van der Waals surface area (Å²) >= 11 is 0. The van der Waals surface area contributed by atoms with Crippen molar-refractivity contribution in [2.45, 2.75) is 19.9 Å². The van der Waals surface area contributed by atoms with Gasteiger partial charge >= 0.3 is 0 Å². The number of rotatable bonds is 6. The van der Waals surface area contributed by atoms with Gasteiger partial charge in [0.15, 0.2) is 0 Å². The van der Waals surface area contributed by atoms with Crippen LogP contribution in [0.5, 0.6) is 5.75 Å². The lowest BCUT2D eigenvalue weighted by Crippen LogP contribution is -2.25. The molecule has 0 fully saturated rings. The summed E-state index contributed by atoms with van der Waals surface area (Å²) in [6, 6.07) is 9.47. The minimum Gasteiger partial charge on any atom is -0.494 e. The number of amides is 1. The fraction of sp³-hybridized carbons (Fsp3) is 0.333. The van der Waals surface area contributed by atoms with E-state index >= 15 is 0 Å². The van der Waals surface area contributed by atoms with Crippen molar-refractivity contribution >= 4 is 5.91 Å². The summed E-state index contributed by atoms with van der Waals surface area (Å²) in [5, 5.41) is 6.94. The number of benzene rings is 1. The molecule has 0 bridgehead atoms. The van der Waals surface area contributed by atoms with Crippen molar-refractivity contribution < 1.29 is 9.53 Å². The van der Waals surface area contributed by atoms with Gasteiger partial charge in [-0.25, -0.2) is 0 Å². The van der Waals surface area contributed by atoms with Gasteiger partial charge in [0.25, 0.3) is 0 Å². The molecule has 0 aliphatic rings. The minimum absolute atomic E-state index is 0.00430. The fourth-order valence-electron chi connectivity index (χ4n) is 1.88. The first-order chi connectivity index (χ1) is 9.69. The SMILES string of the molecule is CCOc1ccc(CC(=O)NCc2ccnn2C)cc1. The second kappa shape index (κ2) is 6.75. The summed E-state index contributed by atoms with van der Waals surface area (Å²) in [6.45, 7) is 3.08. The van der Waals surface area contributed by atoms with Crippen molar-refractivity contribution in [3.05, 3.63) is 47.8 Å². The summed E-state index contributed by atoms with van der Waals surface area (Å²) in [5.74, 6) is 0.821. The van der Waals surface area contributed by atoms with Gasteiger partial charge in [-0.05, 0) is 30.7 Å². The molecule has 1 heterocycles. The quantitative estimate of drug-likeness (QED) is 0.871. The highest BCUT2D eigenvalue weighted by Crippen LogP contribution is 2.12. The Morgan fingerprint density at radius 3 is 2.65 bits per heavy atom. The number of nitrogens with one attached hydrogen (secondary N) is 1. The predicted molar refractivity (Wildman–Crippen MR) is 76.4 cm³/mol. The maximum atomic E-state index is 11.9. The molecule has 0 aliphatic heterocycles. The molecule has 1 aromatic heterocycles. The first kappa shape index (κ1) is 14.1. The van der Waals surface area contributed by atoms with Crippen LogP contribution in [0.4, 0.5) is 0 Å². The molecule has 2 aromatic rings. The van der Waals surface area contributed by atoms with Gasteiger partial charge in [0.1, 0.15) is 5.75 Å². The van der Waals surface area contributed by atoms with Crippen LogP contribution in [0, 0.1) is 0 Å². The van der Waals surface area contributed by atoms with Crippen molar-refractivity contribution in [3.63, 3.8) is 0 Å². The molecule has 0 radical (unpaired) electrons. The van der Waals surface area contributed by atoms with Crippen LogP contribution in [0.15, 0.2) is 36.5 Å². The Balaban J connectivity index is 1.83. The zero-order valence-electron chi connectivity index (χ0n) is 11.8. The van der Waals surface area contributed by atoms with E-state index in [1.165, 1.54) is 0 Å². The van der Waals surface area contributed by atoms with E-state index in [0.717, 1.165) is 17.0 Å². The number of aromatic nitrogens is 2. The molecule has 106 valence electrons. The predicted octanol–water partition coefficient (Wildman–Crippen LogP) is 1.68. The number of ether oxygens (including phenoxy) is 1. The Kier molecular flexibility index (Phi) is 4.76. The standard InChI is InChI=1S/C15H19N3O2/c1-3-20-14-6-4-12(5-7-14)10-15(19)16-11-13-8-9-17-18(13)2/h4-9H,3,10-11H2,1-2H3,(H,16,19). The third-order valence-electron chi connectivity index (χ3n) is 2.99. The van der Waals surface area contributed by atoms with Gasteiger partial charge < -0.3 is 10.1 Å². The zero-order valence-corrected chi connectivity index (χ0v) is 11.8. The van der Waals surface area contributed by atoms with Crippen molar-refractivity contribution in [1.29, 1.82) is 0 Å². The molecular weight excluding hydrogens is 254 g/mol. The van der Waals surface area contributed by atoms with Crippen LogP contribution >= 0.6 is 0 Å². The molecule has 0 saturated heterocycles. The maximum absolute atomic E-state index is 11.9. The normalized spacial score (nSPS) is 10.3. The number of hydrogen-bond donors (Lipinski definition) is 1. The molecule has 0 aliphatic carbocycles. The fourth-order valence-corrected chi connectivity index (χ4v) is 1.88. The first-order valence-corrected chi connectivity index (χ1v) is 6.64. The van der Waals surface area contributed by atoms with E-state index in [1.54, 1.807) is 10.9 Å². The van der Waals surface area contributed by atoms with E-state index in [4.69, 9.17) is 4.74 Å². The highest BCUT2D eigenvalue weighted by Gasteiger charge is 2.05. The lowest BCUT2D eigenvalue weighted by molar-refractivity contribution is -0.120. The summed E-state index contributed by atoms with van der Waals surface area (Å²) in [4.78, 5) is 11.9. The van der Waals surface area contributed by atoms with E-state index in [-0.39, 0.29) is 5.91 Å². The summed E-state index contributed by atoms with van der Waals surface area (Å²) in [5.41, 5.74) is 1.95. The third-order valence-corrected chi connectivity index (χ3v) is 2.99. The second-order valence-electron chi connectivity index (χ2n) is 4.48. The van der Waals surface area contributed by atoms with E-state index in [0.29, 0.717) is 19.6 Å². The largest absolute Gasteiger partial charge is 0.494 e. The molecule has 1 aromatic carbocycles. The Hall–Kier alpha value is -2.30. The average Bonchev–Trinajstić information content (AvgIpc) is 2.84. The number of hydrogen-bond acceptors (Lipinski definition) is 3. The molecule has 20 heavy (non-hydrogen) atoms. The van der Waals surface area contributed by atoms with Gasteiger partial charge in [0.05, 0.1) is 25.3 Å². The van der Waals surface area contributed by atoms with E-state index in [9.17, 15) is 4.79 Å². The maximum Gasteiger partial charge on any atom is 0.224 e. The average molecular weight is 273 g/mol. The molecule has 0 atom stereocenters. The number of aryl methyl sites for hydroxylation is 1. The van der Waals surface area contributed by atoms with Crippen LogP contribution in [0.25, 0.3) is 0 Å². The minimum atomic E-state index is -0.00430. The topological polar surface area (TPSA) is 56.1 Å². The Morgan fingerprint density at radius 1 is 1.30 bits per heavy atom. The Labute approximate surface area is 118 Å². The Bertz CT molecular complexity index is 561. The highest BCUT2D eigenvalue weighted by atomic mass is 16.5. The van der Waals surface area contributed by atoms with Crippen LogP contribution < -0.4 is 10.1 Å². The summed E-state index contributed by atoms with van der Waals surface area (Å²) < 4.78 is 7.11. The molecule has 1 N–H and O–H groups in total. The number of nitrogens with zero attached hydrogens (tertiary/aromatic N) is 2. The molecular formula is C15H19N3O2. The van der Waals surface area contributed by atoms with Gasteiger partial charge in [-0.3, -0.25) is 9.48 Å². The lowest BCUT2D eigenvalue weighted by atomic mass is 10.1.